The van der Waals surface area contributed by atoms with Gasteiger partial charge in [0.25, 0.3) is 0 Å². The van der Waals surface area contributed by atoms with Gasteiger partial charge in [0, 0.05) is 0 Å². The number of carbonyl (C=O) groups is 1. The van der Waals surface area contributed by atoms with E-state index in [4.69, 9.17) is 9.84 Å². The molecule has 0 heterocycles. The standard InChI is InChI=1S/C12H14N2O3/c15-12(16)14-13-7-9-3-5-11(6-4-9)17-8-10-1-2-10/h3-7,10,14H,1-2,8H2,(H,15,16). The zero-order valence-corrected chi connectivity index (χ0v) is 9.30. The molecule has 0 bridgehead atoms. The number of rotatable bonds is 5. The van der Waals surface area contributed by atoms with E-state index in [1.807, 2.05) is 29.7 Å². The molecule has 1 fully saturated rings. The smallest absolute Gasteiger partial charge is 0.425 e. The number of carboxylic acid groups (broad SMARTS) is 1. The monoisotopic (exact) mass is 234 g/mol. The fourth-order valence-corrected chi connectivity index (χ4v) is 1.31. The van der Waals surface area contributed by atoms with Crippen molar-refractivity contribution in [2.24, 2.45) is 11.0 Å². The Morgan fingerprint density at radius 1 is 1.47 bits per heavy atom. The van der Waals surface area contributed by atoms with Crippen molar-refractivity contribution < 1.29 is 14.6 Å². The van der Waals surface area contributed by atoms with E-state index in [-0.39, 0.29) is 0 Å². The molecule has 1 aliphatic rings. The number of hydrazone groups is 1. The normalized spacial score (nSPS) is 14.8. The van der Waals surface area contributed by atoms with Crippen molar-refractivity contribution in [3.05, 3.63) is 29.8 Å². The van der Waals surface area contributed by atoms with Crippen molar-refractivity contribution in [3.8, 4) is 5.75 Å². The van der Waals surface area contributed by atoms with E-state index < -0.39 is 6.09 Å². The van der Waals surface area contributed by atoms with Crippen LogP contribution in [0.25, 0.3) is 0 Å². The first-order chi connectivity index (χ1) is 8.24. The van der Waals surface area contributed by atoms with Gasteiger partial charge in [-0.1, -0.05) is 0 Å². The van der Waals surface area contributed by atoms with Gasteiger partial charge in [-0.25, -0.2) is 10.2 Å². The summed E-state index contributed by atoms with van der Waals surface area (Å²) in [6.07, 6.45) is 2.81. The van der Waals surface area contributed by atoms with Gasteiger partial charge in [-0.3, -0.25) is 0 Å². The summed E-state index contributed by atoms with van der Waals surface area (Å²) in [6.45, 7) is 0.786. The van der Waals surface area contributed by atoms with E-state index in [1.165, 1.54) is 19.1 Å². The molecular formula is C12H14N2O3. The lowest BCUT2D eigenvalue weighted by Crippen LogP contribution is -2.13. The fraction of sp³-hybridized carbons (Fsp3) is 0.333. The Hall–Kier alpha value is -2.04. The van der Waals surface area contributed by atoms with Gasteiger partial charge in [0.05, 0.1) is 12.8 Å². The summed E-state index contributed by atoms with van der Waals surface area (Å²) in [4.78, 5) is 10.2. The van der Waals surface area contributed by atoms with Gasteiger partial charge in [-0.05, 0) is 48.6 Å². The summed E-state index contributed by atoms with van der Waals surface area (Å²) in [6, 6.07) is 7.36. The Balaban J connectivity index is 1.83. The summed E-state index contributed by atoms with van der Waals surface area (Å²) < 4.78 is 5.57. The summed E-state index contributed by atoms with van der Waals surface area (Å²) >= 11 is 0. The second-order valence-electron chi connectivity index (χ2n) is 4.00. The molecular weight excluding hydrogens is 220 g/mol. The van der Waals surface area contributed by atoms with Crippen LogP contribution in [0.15, 0.2) is 29.4 Å². The van der Waals surface area contributed by atoms with Crippen molar-refractivity contribution >= 4 is 12.3 Å². The van der Waals surface area contributed by atoms with Gasteiger partial charge in [0.2, 0.25) is 0 Å². The average molecular weight is 234 g/mol. The van der Waals surface area contributed by atoms with E-state index in [0.717, 1.165) is 23.8 Å². The third-order valence-corrected chi connectivity index (χ3v) is 2.44. The van der Waals surface area contributed by atoms with Gasteiger partial charge in [-0.2, -0.15) is 5.10 Å². The van der Waals surface area contributed by atoms with Crippen LogP contribution in [-0.4, -0.2) is 24.0 Å². The highest BCUT2D eigenvalue weighted by Gasteiger charge is 2.21. The van der Waals surface area contributed by atoms with E-state index in [1.54, 1.807) is 0 Å². The lowest BCUT2D eigenvalue weighted by atomic mass is 10.2. The molecule has 5 heteroatoms. The Kier molecular flexibility index (Phi) is 3.59. The molecule has 0 aliphatic heterocycles. The second kappa shape index (κ2) is 5.34. The van der Waals surface area contributed by atoms with E-state index in [9.17, 15) is 4.79 Å². The van der Waals surface area contributed by atoms with E-state index >= 15 is 0 Å². The maximum absolute atomic E-state index is 10.2. The maximum atomic E-state index is 10.2. The minimum Gasteiger partial charge on any atom is -0.493 e. The molecule has 1 saturated carbocycles. The highest BCUT2D eigenvalue weighted by atomic mass is 16.5. The van der Waals surface area contributed by atoms with Crippen LogP contribution in [0.2, 0.25) is 0 Å². The molecule has 1 aliphatic carbocycles. The van der Waals surface area contributed by atoms with Crippen LogP contribution >= 0.6 is 0 Å². The molecule has 0 atom stereocenters. The predicted octanol–water partition coefficient (Wildman–Crippen LogP) is 2.08. The molecule has 0 saturated heterocycles. The highest BCUT2D eigenvalue weighted by Crippen LogP contribution is 2.29. The van der Waals surface area contributed by atoms with Crippen molar-refractivity contribution in [3.63, 3.8) is 0 Å². The molecule has 90 valence electrons. The van der Waals surface area contributed by atoms with Crippen LogP contribution in [0, 0.1) is 5.92 Å². The van der Waals surface area contributed by atoms with E-state index in [0.29, 0.717) is 0 Å². The van der Waals surface area contributed by atoms with E-state index in [2.05, 4.69) is 5.10 Å². The SMILES string of the molecule is O=C(O)NN=Cc1ccc(OCC2CC2)cc1. The number of amides is 1. The van der Waals surface area contributed by atoms with Crippen LogP contribution in [-0.2, 0) is 0 Å². The third-order valence-electron chi connectivity index (χ3n) is 2.44. The largest absolute Gasteiger partial charge is 0.493 e. The van der Waals surface area contributed by atoms with Crippen LogP contribution in [0.5, 0.6) is 5.75 Å². The Morgan fingerprint density at radius 3 is 2.76 bits per heavy atom. The maximum Gasteiger partial charge on any atom is 0.425 e. The van der Waals surface area contributed by atoms with Crippen LogP contribution in [0.4, 0.5) is 4.79 Å². The quantitative estimate of drug-likeness (QED) is 0.605. The lowest BCUT2D eigenvalue weighted by molar-refractivity contribution is 0.195. The molecule has 0 unspecified atom stereocenters. The number of nitrogens with one attached hydrogen (secondary N) is 1. The predicted molar refractivity (Wildman–Crippen MR) is 63.4 cm³/mol. The van der Waals surface area contributed by atoms with Crippen molar-refractivity contribution in [2.75, 3.05) is 6.61 Å². The molecule has 0 aromatic heterocycles. The zero-order chi connectivity index (χ0) is 12.1. The number of ether oxygens (including phenoxy) is 1. The lowest BCUT2D eigenvalue weighted by Gasteiger charge is -2.04. The van der Waals surface area contributed by atoms with Gasteiger partial charge >= 0.3 is 6.09 Å². The van der Waals surface area contributed by atoms with Crippen molar-refractivity contribution in [1.82, 2.24) is 5.43 Å². The molecule has 5 nitrogen and oxygen atoms in total. The molecule has 1 aromatic rings. The topological polar surface area (TPSA) is 70.9 Å². The summed E-state index contributed by atoms with van der Waals surface area (Å²) in [7, 11) is 0. The third kappa shape index (κ3) is 4.14. The summed E-state index contributed by atoms with van der Waals surface area (Å²) in [5.41, 5.74) is 2.73. The van der Waals surface area contributed by atoms with Gasteiger partial charge in [-0.15, -0.1) is 0 Å². The fourth-order valence-electron chi connectivity index (χ4n) is 1.31. The number of hydrogen-bond acceptors (Lipinski definition) is 3. The summed E-state index contributed by atoms with van der Waals surface area (Å²) in [5, 5.41) is 11.9. The Labute approximate surface area is 99.1 Å². The van der Waals surface area contributed by atoms with Crippen LogP contribution < -0.4 is 10.2 Å². The number of benzene rings is 1. The first kappa shape index (κ1) is 11.4. The number of hydrogen-bond donors (Lipinski definition) is 2. The van der Waals surface area contributed by atoms with Gasteiger partial charge < -0.3 is 9.84 Å². The molecule has 17 heavy (non-hydrogen) atoms. The first-order valence-electron chi connectivity index (χ1n) is 5.49. The Bertz CT molecular complexity index is 410. The highest BCUT2D eigenvalue weighted by molar-refractivity contribution is 5.80. The van der Waals surface area contributed by atoms with Crippen molar-refractivity contribution in [1.29, 1.82) is 0 Å². The second-order valence-corrected chi connectivity index (χ2v) is 4.00. The molecule has 2 N–H and O–H groups in total. The molecule has 0 radical (unpaired) electrons. The summed E-state index contributed by atoms with van der Waals surface area (Å²) in [5.74, 6) is 1.57. The van der Waals surface area contributed by atoms with Crippen LogP contribution in [0.3, 0.4) is 0 Å². The average Bonchev–Trinajstić information content (AvgIpc) is 3.11. The Morgan fingerprint density at radius 2 is 2.18 bits per heavy atom. The molecule has 0 spiro atoms. The molecule has 1 amide bonds. The van der Waals surface area contributed by atoms with Gasteiger partial charge in [0.1, 0.15) is 5.75 Å². The minimum absolute atomic E-state index is 0.732. The van der Waals surface area contributed by atoms with Crippen LogP contribution in [0.1, 0.15) is 18.4 Å². The van der Waals surface area contributed by atoms with Crippen molar-refractivity contribution in [2.45, 2.75) is 12.8 Å². The minimum atomic E-state index is -1.18. The zero-order valence-electron chi connectivity index (χ0n) is 9.30. The molecule has 2 rings (SSSR count). The number of nitrogens with zero attached hydrogens (tertiary/aromatic N) is 1. The first-order valence-corrected chi connectivity index (χ1v) is 5.49. The molecule has 1 aromatic carbocycles. The van der Waals surface area contributed by atoms with Gasteiger partial charge in [0.15, 0.2) is 0 Å².